The molecule has 1 saturated heterocycles. The van der Waals surface area contributed by atoms with E-state index in [2.05, 4.69) is 73.1 Å². The van der Waals surface area contributed by atoms with Gasteiger partial charge < -0.3 is 20.1 Å². The molecule has 6 nitrogen and oxygen atoms in total. The molecule has 2 aromatic heterocycles. The highest BCUT2D eigenvalue weighted by Gasteiger charge is 2.41. The highest BCUT2D eigenvalue weighted by Crippen LogP contribution is 2.41. The molecule has 1 aliphatic heterocycles. The van der Waals surface area contributed by atoms with E-state index in [9.17, 15) is 9.18 Å². The van der Waals surface area contributed by atoms with Crippen LogP contribution in [0.25, 0.3) is 5.69 Å². The minimum absolute atomic E-state index is 0.164. The van der Waals surface area contributed by atoms with Crippen molar-refractivity contribution in [3.8, 4) is 5.69 Å². The van der Waals surface area contributed by atoms with Gasteiger partial charge >= 0.3 is 0 Å². The number of nitrogens with zero attached hydrogens (tertiary/aromatic N) is 3. The third-order valence-corrected chi connectivity index (χ3v) is 7.61. The number of carbonyl (C=O) groups excluding carboxylic acids is 1. The lowest BCUT2D eigenvalue weighted by Crippen LogP contribution is -2.32. The largest absolute Gasteiger partial charge is 0.352 e. The predicted molar refractivity (Wildman–Crippen MR) is 155 cm³/mol. The molecule has 1 amide bonds. The second kappa shape index (κ2) is 11.0. The fourth-order valence-corrected chi connectivity index (χ4v) is 5.78. The second-order valence-electron chi connectivity index (χ2n) is 9.27. The summed E-state index contributed by atoms with van der Waals surface area (Å²) in [4.78, 5) is 19.5. The average molecular weight is 593 g/mol. The number of aryl methyl sites for hydroxylation is 1. The van der Waals surface area contributed by atoms with Crippen LogP contribution in [0.3, 0.4) is 0 Å². The third kappa shape index (κ3) is 5.35. The van der Waals surface area contributed by atoms with Gasteiger partial charge in [0.25, 0.3) is 0 Å². The van der Waals surface area contributed by atoms with Crippen LogP contribution in [0.5, 0.6) is 0 Å². The van der Waals surface area contributed by atoms with Gasteiger partial charge in [0.1, 0.15) is 5.82 Å². The number of benzene rings is 2. The van der Waals surface area contributed by atoms with E-state index in [4.69, 9.17) is 12.2 Å². The van der Waals surface area contributed by atoms with Crippen molar-refractivity contribution in [2.75, 3.05) is 11.9 Å². The van der Waals surface area contributed by atoms with Gasteiger partial charge in [-0.3, -0.25) is 9.78 Å². The van der Waals surface area contributed by atoms with E-state index in [1.165, 1.54) is 12.1 Å². The summed E-state index contributed by atoms with van der Waals surface area (Å²) in [6, 6.07) is 21.6. The first kappa shape index (κ1) is 26.1. The van der Waals surface area contributed by atoms with E-state index >= 15 is 0 Å². The zero-order valence-electron chi connectivity index (χ0n) is 21.0. The van der Waals surface area contributed by atoms with Gasteiger partial charge in [-0.15, -0.1) is 0 Å². The molecule has 4 aromatic rings. The number of carbonyl (C=O) groups is 1. The zero-order valence-corrected chi connectivity index (χ0v) is 23.4. The number of anilines is 1. The Morgan fingerprint density at radius 3 is 2.61 bits per heavy atom. The first-order valence-corrected chi connectivity index (χ1v) is 13.5. The summed E-state index contributed by atoms with van der Waals surface area (Å²) >= 11 is 9.37. The quantitative estimate of drug-likeness (QED) is 0.244. The number of hydrogen-bond acceptors (Lipinski definition) is 3. The monoisotopic (exact) mass is 591 g/mol. The number of amides is 1. The molecule has 2 N–H and O–H groups in total. The fourth-order valence-electron chi connectivity index (χ4n) is 5.06. The summed E-state index contributed by atoms with van der Waals surface area (Å²) in [6.07, 6.45) is 2.00. The molecule has 194 valence electrons. The normalized spacial score (nSPS) is 16.9. The Morgan fingerprint density at radius 1 is 1.11 bits per heavy atom. The van der Waals surface area contributed by atoms with Gasteiger partial charge in [0.15, 0.2) is 5.11 Å². The van der Waals surface area contributed by atoms with Crippen LogP contribution < -0.4 is 10.6 Å². The first-order valence-electron chi connectivity index (χ1n) is 12.3. The maximum atomic E-state index is 13.2. The maximum Gasteiger partial charge on any atom is 0.226 e. The summed E-state index contributed by atoms with van der Waals surface area (Å²) in [5, 5.41) is 6.87. The summed E-state index contributed by atoms with van der Waals surface area (Å²) < 4.78 is 16.5. The molecule has 9 heteroatoms. The van der Waals surface area contributed by atoms with Gasteiger partial charge in [-0.05, 0) is 92.3 Å². The van der Waals surface area contributed by atoms with Crippen molar-refractivity contribution < 1.29 is 9.18 Å². The Labute approximate surface area is 235 Å². The highest BCUT2D eigenvalue weighted by atomic mass is 79.9. The summed E-state index contributed by atoms with van der Waals surface area (Å²) in [5.74, 6) is -0.514. The van der Waals surface area contributed by atoms with Gasteiger partial charge in [0, 0.05) is 46.4 Å². The van der Waals surface area contributed by atoms with Crippen LogP contribution in [-0.4, -0.2) is 32.0 Å². The molecule has 2 atom stereocenters. The van der Waals surface area contributed by atoms with E-state index in [-0.39, 0.29) is 30.2 Å². The minimum Gasteiger partial charge on any atom is -0.352 e. The molecule has 0 unspecified atom stereocenters. The molecule has 0 saturated carbocycles. The van der Waals surface area contributed by atoms with Crippen LogP contribution in [0, 0.1) is 19.7 Å². The molecule has 0 bridgehead atoms. The molecule has 2 aromatic carbocycles. The van der Waals surface area contributed by atoms with E-state index in [0.717, 1.165) is 32.8 Å². The minimum atomic E-state index is -0.347. The van der Waals surface area contributed by atoms with Crippen LogP contribution in [0.1, 0.15) is 41.1 Å². The van der Waals surface area contributed by atoms with Crippen molar-refractivity contribution in [1.82, 2.24) is 19.8 Å². The van der Waals surface area contributed by atoms with Crippen molar-refractivity contribution in [2.45, 2.75) is 32.4 Å². The number of halogens is 2. The molecular formula is C29H27BrFN5OS. The Hall–Kier alpha value is -3.56. The molecule has 3 heterocycles. The van der Waals surface area contributed by atoms with E-state index in [1.54, 1.807) is 18.3 Å². The topological polar surface area (TPSA) is 62.2 Å². The van der Waals surface area contributed by atoms with E-state index in [0.29, 0.717) is 17.3 Å². The van der Waals surface area contributed by atoms with Crippen molar-refractivity contribution in [3.63, 3.8) is 0 Å². The zero-order chi connectivity index (χ0) is 26.8. The number of thiocarbonyl (C=S) groups is 1. The number of hydrogen-bond donors (Lipinski definition) is 2. The molecular weight excluding hydrogens is 565 g/mol. The van der Waals surface area contributed by atoms with E-state index in [1.807, 2.05) is 30.3 Å². The lowest BCUT2D eigenvalue weighted by molar-refractivity contribution is -0.116. The molecule has 38 heavy (non-hydrogen) atoms. The summed E-state index contributed by atoms with van der Waals surface area (Å²) in [5.41, 5.74) is 5.81. The van der Waals surface area contributed by atoms with Crippen LogP contribution in [-0.2, 0) is 4.79 Å². The fraction of sp³-hybridized carbons (Fsp3) is 0.207. The van der Waals surface area contributed by atoms with E-state index < -0.39 is 0 Å². The molecule has 0 spiro atoms. The highest BCUT2D eigenvalue weighted by molar-refractivity contribution is 9.10. The molecule has 1 aliphatic rings. The Bertz CT molecular complexity index is 1470. The SMILES string of the molecule is Cc1cc([C@H]2[C@H](c3ccccn3)NC(=S)N2CCC(=O)Nc2ccc(F)cc2)c(C)n1-c1cccc(Br)c1. The average Bonchev–Trinajstić information content (AvgIpc) is 3.39. The molecule has 0 aliphatic carbocycles. The number of aromatic nitrogens is 2. The summed E-state index contributed by atoms with van der Waals surface area (Å²) in [6.45, 7) is 4.61. The van der Waals surface area contributed by atoms with Crippen LogP contribution >= 0.6 is 28.1 Å². The van der Waals surface area contributed by atoms with Crippen molar-refractivity contribution in [3.05, 3.63) is 112 Å². The van der Waals surface area contributed by atoms with Crippen molar-refractivity contribution >= 4 is 44.9 Å². The number of nitrogens with one attached hydrogen (secondary N) is 2. The standard InChI is InChI=1S/C29H27BrFN5OS/c1-18-16-24(19(2)36(18)23-7-5-6-20(30)17-23)28-27(25-8-3-4-14-32-25)34-29(38)35(28)15-13-26(37)33-22-11-9-21(31)10-12-22/h3-12,14,16-17,27-28H,13,15H2,1-2H3,(H,33,37)(H,34,38)/t27-,28-/m0/s1. The number of rotatable bonds is 7. The lowest BCUT2D eigenvalue weighted by atomic mass is 9.96. The van der Waals surface area contributed by atoms with Gasteiger partial charge in [0.05, 0.1) is 17.8 Å². The van der Waals surface area contributed by atoms with Gasteiger partial charge in [0.2, 0.25) is 5.91 Å². The first-order chi connectivity index (χ1) is 18.3. The van der Waals surface area contributed by atoms with Crippen LogP contribution in [0.4, 0.5) is 10.1 Å². The predicted octanol–water partition coefficient (Wildman–Crippen LogP) is 6.39. The Balaban J connectivity index is 1.46. The van der Waals surface area contributed by atoms with Gasteiger partial charge in [-0.2, -0.15) is 0 Å². The van der Waals surface area contributed by atoms with Crippen LogP contribution in [0.15, 0.2) is 83.5 Å². The van der Waals surface area contributed by atoms with Gasteiger partial charge in [-0.25, -0.2) is 4.39 Å². The lowest BCUT2D eigenvalue weighted by Gasteiger charge is -2.28. The van der Waals surface area contributed by atoms with Crippen molar-refractivity contribution in [1.29, 1.82) is 0 Å². The summed E-state index contributed by atoms with van der Waals surface area (Å²) in [7, 11) is 0. The maximum absolute atomic E-state index is 13.2. The van der Waals surface area contributed by atoms with Crippen molar-refractivity contribution in [2.24, 2.45) is 0 Å². The second-order valence-corrected chi connectivity index (χ2v) is 10.6. The molecule has 1 fully saturated rings. The van der Waals surface area contributed by atoms with Crippen LogP contribution in [0.2, 0.25) is 0 Å². The van der Waals surface area contributed by atoms with Gasteiger partial charge in [-0.1, -0.05) is 28.1 Å². The Morgan fingerprint density at radius 2 is 1.89 bits per heavy atom. The third-order valence-electron chi connectivity index (χ3n) is 6.76. The molecule has 5 rings (SSSR count). The Kier molecular flexibility index (Phi) is 7.58. The number of pyridine rings is 1. The smallest absolute Gasteiger partial charge is 0.226 e. The molecule has 0 radical (unpaired) electrons.